The van der Waals surface area contributed by atoms with Crippen LogP contribution in [0.2, 0.25) is 0 Å². The maximum Gasteiger partial charge on any atom is 0.147 e. The summed E-state index contributed by atoms with van der Waals surface area (Å²) in [5, 5.41) is 2.91. The normalized spacial score (nSPS) is 12.4. The number of hydrogen-bond donors (Lipinski definition) is 0. The van der Waals surface area contributed by atoms with Gasteiger partial charge in [-0.25, -0.2) is 4.98 Å². The van der Waals surface area contributed by atoms with Gasteiger partial charge in [-0.2, -0.15) is 0 Å². The Morgan fingerprint density at radius 3 is 2.71 bits per heavy atom. The Labute approximate surface area is 118 Å². The molecule has 0 amide bonds. The fourth-order valence-electron chi connectivity index (χ4n) is 1.34. The van der Waals surface area contributed by atoms with Crippen LogP contribution in [0.4, 0.5) is 0 Å². The number of halogens is 2. The highest BCUT2D eigenvalue weighted by Crippen LogP contribution is 2.25. The molecule has 1 aromatic carbocycles. The molecule has 1 unspecified atom stereocenters. The Kier molecular flexibility index (Phi) is 4.42. The molecule has 2 nitrogen and oxygen atoms in total. The van der Waals surface area contributed by atoms with Crippen LogP contribution in [0.5, 0.6) is 5.75 Å². The quantitative estimate of drug-likeness (QED) is 0.751. The minimum Gasteiger partial charge on any atom is -0.484 e. The van der Waals surface area contributed by atoms with Crippen molar-refractivity contribution < 1.29 is 4.74 Å². The third-order valence-electron chi connectivity index (χ3n) is 2.18. The summed E-state index contributed by atoms with van der Waals surface area (Å²) in [5.41, 5.74) is 0.901. The number of aromatic nitrogens is 1. The lowest BCUT2D eigenvalue weighted by atomic mass is 10.3. The fourth-order valence-corrected chi connectivity index (χ4v) is 2.63. The number of ether oxygens (including phenoxy) is 1. The van der Waals surface area contributed by atoms with E-state index in [2.05, 4.69) is 20.9 Å². The predicted octanol–water partition coefficient (Wildman–Crippen LogP) is 4.78. The number of rotatable bonds is 4. The first-order chi connectivity index (χ1) is 8.19. The van der Waals surface area contributed by atoms with Gasteiger partial charge in [0, 0.05) is 9.85 Å². The minimum atomic E-state index is -0.0573. The molecule has 17 heavy (non-hydrogen) atoms. The summed E-state index contributed by atoms with van der Waals surface area (Å²) in [6.07, 6.45) is -0.0573. The van der Waals surface area contributed by atoms with Crippen LogP contribution in [0.25, 0.3) is 0 Å². The molecule has 1 heterocycles. The van der Waals surface area contributed by atoms with Gasteiger partial charge in [0.25, 0.3) is 0 Å². The van der Waals surface area contributed by atoms with Crippen LogP contribution in [0.1, 0.15) is 23.7 Å². The molecule has 5 heteroatoms. The van der Waals surface area contributed by atoms with Crippen LogP contribution in [0.15, 0.2) is 34.1 Å². The van der Waals surface area contributed by atoms with Crippen molar-refractivity contribution in [2.24, 2.45) is 0 Å². The van der Waals surface area contributed by atoms with Crippen molar-refractivity contribution >= 4 is 38.9 Å². The van der Waals surface area contributed by atoms with E-state index in [1.165, 1.54) is 0 Å². The van der Waals surface area contributed by atoms with E-state index in [0.29, 0.717) is 5.88 Å². The minimum absolute atomic E-state index is 0.0573. The van der Waals surface area contributed by atoms with Crippen molar-refractivity contribution in [3.63, 3.8) is 0 Å². The summed E-state index contributed by atoms with van der Waals surface area (Å²) < 4.78 is 6.84. The lowest BCUT2D eigenvalue weighted by Gasteiger charge is -2.12. The van der Waals surface area contributed by atoms with Crippen LogP contribution in [0, 0.1) is 0 Å². The number of benzene rings is 1. The SMILES string of the molecule is CC(Oc1ccc(Br)cc1)c1nc(CCl)cs1. The molecule has 1 atom stereocenters. The summed E-state index contributed by atoms with van der Waals surface area (Å²) in [7, 11) is 0. The molecular weight excluding hydrogens is 322 g/mol. The Hall–Kier alpha value is -0.580. The third-order valence-corrected chi connectivity index (χ3v) is 4.04. The van der Waals surface area contributed by atoms with Gasteiger partial charge in [0.1, 0.15) is 16.9 Å². The van der Waals surface area contributed by atoms with Gasteiger partial charge in [-0.05, 0) is 31.2 Å². The Bertz CT molecular complexity index is 486. The molecule has 0 bridgehead atoms. The molecule has 0 radical (unpaired) electrons. The summed E-state index contributed by atoms with van der Waals surface area (Å²) in [6, 6.07) is 7.76. The maximum absolute atomic E-state index is 5.80. The monoisotopic (exact) mass is 331 g/mol. The topological polar surface area (TPSA) is 22.1 Å². The summed E-state index contributed by atoms with van der Waals surface area (Å²) in [5.74, 6) is 1.28. The number of thiazole rings is 1. The van der Waals surface area contributed by atoms with E-state index >= 15 is 0 Å². The molecule has 2 rings (SSSR count). The molecule has 0 aliphatic rings. The third kappa shape index (κ3) is 3.44. The van der Waals surface area contributed by atoms with Crippen molar-refractivity contribution in [3.05, 3.63) is 44.8 Å². The predicted molar refractivity (Wildman–Crippen MR) is 74.9 cm³/mol. The zero-order valence-electron chi connectivity index (χ0n) is 9.19. The smallest absolute Gasteiger partial charge is 0.147 e. The van der Waals surface area contributed by atoms with Crippen molar-refractivity contribution in [3.8, 4) is 5.75 Å². The van der Waals surface area contributed by atoms with E-state index in [4.69, 9.17) is 16.3 Å². The van der Waals surface area contributed by atoms with Crippen LogP contribution < -0.4 is 4.74 Å². The molecule has 0 spiro atoms. The maximum atomic E-state index is 5.80. The standard InChI is InChI=1S/C12H11BrClNOS/c1-8(12-15-10(6-14)7-17-12)16-11-4-2-9(13)3-5-11/h2-5,7-8H,6H2,1H3. The van der Waals surface area contributed by atoms with Crippen molar-refractivity contribution in [2.45, 2.75) is 18.9 Å². The zero-order valence-corrected chi connectivity index (χ0v) is 12.3. The Balaban J connectivity index is 2.05. The molecule has 2 aromatic rings. The summed E-state index contributed by atoms with van der Waals surface area (Å²) in [6.45, 7) is 1.99. The van der Waals surface area contributed by atoms with Gasteiger partial charge in [0.15, 0.2) is 0 Å². The second-order valence-electron chi connectivity index (χ2n) is 3.52. The Morgan fingerprint density at radius 2 is 2.12 bits per heavy atom. The van der Waals surface area contributed by atoms with Crippen LogP contribution in [-0.2, 0) is 5.88 Å². The van der Waals surface area contributed by atoms with Gasteiger partial charge in [0.05, 0.1) is 11.6 Å². The van der Waals surface area contributed by atoms with E-state index in [1.807, 2.05) is 36.6 Å². The lowest BCUT2D eigenvalue weighted by Crippen LogP contribution is -2.02. The number of hydrogen-bond acceptors (Lipinski definition) is 3. The average Bonchev–Trinajstić information content (AvgIpc) is 2.81. The first-order valence-electron chi connectivity index (χ1n) is 5.11. The van der Waals surface area contributed by atoms with Crippen molar-refractivity contribution in [1.29, 1.82) is 0 Å². The van der Waals surface area contributed by atoms with Gasteiger partial charge in [-0.1, -0.05) is 15.9 Å². The molecule has 0 N–H and O–H groups in total. The van der Waals surface area contributed by atoms with E-state index in [1.54, 1.807) is 11.3 Å². The molecule has 0 aliphatic carbocycles. The van der Waals surface area contributed by atoms with Gasteiger partial charge >= 0.3 is 0 Å². The first-order valence-corrected chi connectivity index (χ1v) is 7.32. The van der Waals surface area contributed by atoms with Gasteiger partial charge in [0.2, 0.25) is 0 Å². The Morgan fingerprint density at radius 1 is 1.41 bits per heavy atom. The van der Waals surface area contributed by atoms with E-state index < -0.39 is 0 Å². The molecule has 0 saturated carbocycles. The molecular formula is C12H11BrClNOS. The van der Waals surface area contributed by atoms with Gasteiger partial charge < -0.3 is 4.74 Å². The lowest BCUT2D eigenvalue weighted by molar-refractivity contribution is 0.226. The van der Waals surface area contributed by atoms with E-state index in [-0.39, 0.29) is 6.10 Å². The van der Waals surface area contributed by atoms with Crippen LogP contribution >= 0.6 is 38.9 Å². The van der Waals surface area contributed by atoms with Gasteiger partial charge in [-0.3, -0.25) is 0 Å². The molecule has 0 fully saturated rings. The highest BCUT2D eigenvalue weighted by Gasteiger charge is 2.11. The molecule has 0 saturated heterocycles. The van der Waals surface area contributed by atoms with Crippen molar-refractivity contribution in [1.82, 2.24) is 4.98 Å². The summed E-state index contributed by atoms with van der Waals surface area (Å²) in [4.78, 5) is 4.39. The average molecular weight is 333 g/mol. The number of alkyl halides is 1. The van der Waals surface area contributed by atoms with Crippen molar-refractivity contribution in [2.75, 3.05) is 0 Å². The van der Waals surface area contributed by atoms with Crippen LogP contribution in [0.3, 0.4) is 0 Å². The summed E-state index contributed by atoms with van der Waals surface area (Å²) >= 11 is 10.7. The molecule has 0 aliphatic heterocycles. The zero-order chi connectivity index (χ0) is 12.3. The fraction of sp³-hybridized carbons (Fsp3) is 0.250. The first kappa shape index (κ1) is 12.9. The molecule has 1 aromatic heterocycles. The highest BCUT2D eigenvalue weighted by atomic mass is 79.9. The van der Waals surface area contributed by atoms with E-state index in [9.17, 15) is 0 Å². The van der Waals surface area contributed by atoms with Gasteiger partial charge in [-0.15, -0.1) is 22.9 Å². The second-order valence-corrected chi connectivity index (χ2v) is 5.60. The van der Waals surface area contributed by atoms with Crippen LogP contribution in [-0.4, -0.2) is 4.98 Å². The van der Waals surface area contributed by atoms with E-state index in [0.717, 1.165) is 20.9 Å². The second kappa shape index (κ2) is 5.85. The largest absolute Gasteiger partial charge is 0.484 e. The number of nitrogens with zero attached hydrogens (tertiary/aromatic N) is 1. The molecule has 90 valence electrons. The highest BCUT2D eigenvalue weighted by molar-refractivity contribution is 9.10.